The van der Waals surface area contributed by atoms with Crippen LogP contribution >= 0.6 is 0 Å². The highest BCUT2D eigenvalue weighted by Crippen LogP contribution is 2.43. The lowest BCUT2D eigenvalue weighted by molar-refractivity contribution is -0.263. The van der Waals surface area contributed by atoms with Crippen LogP contribution < -0.4 is 0 Å². The summed E-state index contributed by atoms with van der Waals surface area (Å²) >= 11 is 0. The van der Waals surface area contributed by atoms with E-state index < -0.39 is 30.3 Å². The van der Waals surface area contributed by atoms with Crippen molar-refractivity contribution in [1.82, 2.24) is 0 Å². The van der Waals surface area contributed by atoms with Gasteiger partial charge < -0.3 is 0 Å². The summed E-state index contributed by atoms with van der Waals surface area (Å²) in [6.45, 7) is 0. The summed E-state index contributed by atoms with van der Waals surface area (Å²) in [4.78, 5) is 0. The molecule has 0 unspecified atom stereocenters. The van der Waals surface area contributed by atoms with Gasteiger partial charge in [-0.25, -0.2) is 4.39 Å². The summed E-state index contributed by atoms with van der Waals surface area (Å²) in [7, 11) is 0. The van der Waals surface area contributed by atoms with Crippen molar-refractivity contribution in [3.8, 4) is 0 Å². The second-order valence-corrected chi connectivity index (χ2v) is 2.72. The van der Waals surface area contributed by atoms with E-state index in [1.807, 2.05) is 0 Å². The molecule has 0 amide bonds. The zero-order chi connectivity index (χ0) is 11.0. The molecule has 0 spiro atoms. The summed E-state index contributed by atoms with van der Waals surface area (Å²) in [6.07, 6.45) is -5.34. The monoisotopic (exact) mass is 215 g/mol. The van der Waals surface area contributed by atoms with Crippen molar-refractivity contribution in [3.63, 3.8) is 0 Å². The van der Waals surface area contributed by atoms with Gasteiger partial charge >= 0.3 is 12.1 Å². The minimum absolute atomic E-state index is 0.437. The van der Waals surface area contributed by atoms with Gasteiger partial charge in [-0.15, -0.1) is 0 Å². The van der Waals surface area contributed by atoms with Crippen LogP contribution in [0.1, 0.15) is 6.42 Å². The molecule has 0 N–H and O–H groups in total. The van der Waals surface area contributed by atoms with Crippen LogP contribution in [-0.2, 0) is 0 Å². The van der Waals surface area contributed by atoms with Crippen molar-refractivity contribution >= 4 is 0 Å². The molecule has 0 aromatic carbocycles. The fraction of sp³-hybridized carbons (Fsp3) is 0.375. The highest BCUT2D eigenvalue weighted by atomic mass is 19.4. The molecule has 0 bridgehead atoms. The van der Waals surface area contributed by atoms with E-state index in [2.05, 4.69) is 0 Å². The van der Waals surface area contributed by atoms with E-state index in [9.17, 15) is 26.3 Å². The molecule has 1 aliphatic carbocycles. The third kappa shape index (κ3) is 1.93. The van der Waals surface area contributed by atoms with E-state index in [0.29, 0.717) is 18.2 Å². The topological polar surface area (TPSA) is 0 Å². The Balaban J connectivity index is 2.90. The number of halogens is 6. The van der Waals surface area contributed by atoms with Gasteiger partial charge in [-0.2, -0.15) is 22.0 Å². The van der Waals surface area contributed by atoms with E-state index in [1.54, 1.807) is 0 Å². The molecule has 0 nitrogen and oxygen atoms in total. The molecular formula is C8H5F6. The smallest absolute Gasteiger partial charge is 0.235 e. The van der Waals surface area contributed by atoms with Crippen LogP contribution in [-0.4, -0.2) is 12.1 Å². The fourth-order valence-corrected chi connectivity index (χ4v) is 0.920. The van der Waals surface area contributed by atoms with Crippen molar-refractivity contribution < 1.29 is 26.3 Å². The van der Waals surface area contributed by atoms with Gasteiger partial charge in [-0.3, -0.25) is 0 Å². The number of hydrogen-bond donors (Lipinski definition) is 0. The van der Waals surface area contributed by atoms with Crippen LogP contribution in [0, 0.1) is 6.17 Å². The van der Waals surface area contributed by atoms with Gasteiger partial charge in [0, 0.05) is 12.0 Å². The molecule has 1 radical (unpaired) electrons. The normalized spacial score (nSPS) is 19.7. The largest absolute Gasteiger partial charge is 0.458 e. The van der Waals surface area contributed by atoms with Gasteiger partial charge in [0.05, 0.1) is 0 Å². The summed E-state index contributed by atoms with van der Waals surface area (Å²) in [5.74, 6) is -4.91. The lowest BCUT2D eigenvalue weighted by Crippen LogP contribution is -2.38. The predicted molar refractivity (Wildman–Crippen MR) is 37.2 cm³/mol. The second kappa shape index (κ2) is 3.33. The van der Waals surface area contributed by atoms with Crippen molar-refractivity contribution in [2.24, 2.45) is 0 Å². The fourth-order valence-electron chi connectivity index (χ4n) is 0.920. The highest BCUT2D eigenvalue weighted by Gasteiger charge is 2.59. The number of alkyl halides is 5. The highest BCUT2D eigenvalue weighted by molar-refractivity contribution is 5.35. The first-order valence-corrected chi connectivity index (χ1v) is 3.60. The van der Waals surface area contributed by atoms with Crippen LogP contribution in [0.5, 0.6) is 0 Å². The molecular weight excluding hydrogens is 210 g/mol. The molecule has 0 aromatic heterocycles. The molecule has 0 saturated carbocycles. The van der Waals surface area contributed by atoms with Gasteiger partial charge in [0.15, 0.2) is 6.17 Å². The summed E-state index contributed by atoms with van der Waals surface area (Å²) in [5, 5.41) is 0. The Kier molecular flexibility index (Phi) is 2.65. The van der Waals surface area contributed by atoms with Gasteiger partial charge in [0.1, 0.15) is 0 Å². The van der Waals surface area contributed by atoms with Crippen LogP contribution in [0.4, 0.5) is 26.3 Å². The molecule has 0 aromatic rings. The van der Waals surface area contributed by atoms with Gasteiger partial charge in [-0.1, -0.05) is 12.2 Å². The molecule has 0 atom stereocenters. The Labute approximate surface area is 75.9 Å². The first-order chi connectivity index (χ1) is 6.25. The standard InChI is InChI=1S/C8H5F6/c9-6-3-1-5(2-4-6)7(10,11)8(12,13)14/h1-3H,4H2. The molecule has 79 valence electrons. The number of rotatable bonds is 1. The predicted octanol–water partition coefficient (Wildman–Crippen LogP) is 3.57. The molecule has 0 aliphatic heterocycles. The summed E-state index contributed by atoms with van der Waals surface area (Å²) in [5.41, 5.74) is -1.22. The van der Waals surface area contributed by atoms with Crippen LogP contribution in [0.2, 0.25) is 0 Å². The third-order valence-corrected chi connectivity index (χ3v) is 1.68. The van der Waals surface area contributed by atoms with Crippen molar-refractivity contribution in [3.05, 3.63) is 30.0 Å². The van der Waals surface area contributed by atoms with Crippen molar-refractivity contribution in [2.45, 2.75) is 18.5 Å². The Bertz CT molecular complexity index is 272. The van der Waals surface area contributed by atoms with E-state index in [4.69, 9.17) is 0 Å². The Morgan fingerprint density at radius 3 is 1.93 bits per heavy atom. The molecule has 0 fully saturated rings. The Morgan fingerprint density at radius 2 is 1.57 bits per heavy atom. The van der Waals surface area contributed by atoms with Crippen LogP contribution in [0.25, 0.3) is 0 Å². The molecule has 1 rings (SSSR count). The maximum atomic E-state index is 12.6. The number of hydrogen-bond acceptors (Lipinski definition) is 0. The molecule has 1 aliphatic rings. The zero-order valence-electron chi connectivity index (χ0n) is 6.71. The minimum atomic E-state index is -5.64. The van der Waals surface area contributed by atoms with E-state index >= 15 is 0 Å². The zero-order valence-corrected chi connectivity index (χ0v) is 6.71. The minimum Gasteiger partial charge on any atom is -0.235 e. The first kappa shape index (κ1) is 11.1. The second-order valence-electron chi connectivity index (χ2n) is 2.72. The SMILES string of the molecule is F[C]1C=CC(C(F)(F)C(F)(F)F)=CC1. The van der Waals surface area contributed by atoms with Crippen molar-refractivity contribution in [2.75, 3.05) is 0 Å². The van der Waals surface area contributed by atoms with E-state index in [1.165, 1.54) is 0 Å². The Hall–Kier alpha value is -0.940. The first-order valence-electron chi connectivity index (χ1n) is 3.60. The number of allylic oxidation sites excluding steroid dienone is 4. The quantitative estimate of drug-likeness (QED) is 0.586. The van der Waals surface area contributed by atoms with Gasteiger partial charge in [0.25, 0.3) is 0 Å². The molecule has 14 heavy (non-hydrogen) atoms. The lowest BCUT2D eigenvalue weighted by atomic mass is 10.0. The maximum absolute atomic E-state index is 12.6. The molecule has 0 saturated heterocycles. The average molecular weight is 215 g/mol. The van der Waals surface area contributed by atoms with E-state index in [0.717, 1.165) is 0 Å². The molecule has 6 heteroatoms. The molecule has 0 heterocycles. The van der Waals surface area contributed by atoms with E-state index in [-0.39, 0.29) is 0 Å². The average Bonchev–Trinajstić information content (AvgIpc) is 2.03. The third-order valence-electron chi connectivity index (χ3n) is 1.68. The van der Waals surface area contributed by atoms with Crippen LogP contribution in [0.15, 0.2) is 23.8 Å². The maximum Gasteiger partial charge on any atom is 0.458 e. The summed E-state index contributed by atoms with van der Waals surface area (Å²) < 4.78 is 72.8. The summed E-state index contributed by atoms with van der Waals surface area (Å²) in [6, 6.07) is 0. The van der Waals surface area contributed by atoms with Gasteiger partial charge in [-0.05, 0) is 6.08 Å². The van der Waals surface area contributed by atoms with Crippen LogP contribution in [0.3, 0.4) is 0 Å². The van der Waals surface area contributed by atoms with Gasteiger partial charge in [0.2, 0.25) is 0 Å². The lowest BCUT2D eigenvalue weighted by Gasteiger charge is -2.22. The van der Waals surface area contributed by atoms with Crippen molar-refractivity contribution in [1.29, 1.82) is 0 Å². The Morgan fingerprint density at radius 1 is 1.00 bits per heavy atom.